The van der Waals surface area contributed by atoms with Gasteiger partial charge >= 0.3 is 0 Å². The first-order valence-electron chi connectivity index (χ1n) is 7.38. The molecular formula is C16H28. The van der Waals surface area contributed by atoms with Gasteiger partial charge in [-0.05, 0) is 56.3 Å². The first-order valence-corrected chi connectivity index (χ1v) is 7.38. The van der Waals surface area contributed by atoms with Crippen molar-refractivity contribution >= 4 is 0 Å². The van der Waals surface area contributed by atoms with E-state index < -0.39 is 0 Å². The third-order valence-electron chi connectivity index (χ3n) is 4.61. The lowest BCUT2D eigenvalue weighted by Gasteiger charge is -2.36. The van der Waals surface area contributed by atoms with Crippen LogP contribution in [0.25, 0.3) is 0 Å². The van der Waals surface area contributed by atoms with Crippen LogP contribution >= 0.6 is 0 Å². The van der Waals surface area contributed by atoms with E-state index in [0.29, 0.717) is 0 Å². The molecule has 0 heterocycles. The predicted molar refractivity (Wildman–Crippen MR) is 71.5 cm³/mol. The van der Waals surface area contributed by atoms with Crippen molar-refractivity contribution in [1.29, 1.82) is 0 Å². The summed E-state index contributed by atoms with van der Waals surface area (Å²) in [4.78, 5) is 0. The maximum absolute atomic E-state index is 2.62. The molecule has 16 heavy (non-hydrogen) atoms. The first-order chi connectivity index (χ1) is 7.70. The van der Waals surface area contributed by atoms with Gasteiger partial charge in [0, 0.05) is 0 Å². The quantitative estimate of drug-likeness (QED) is 0.540. The fourth-order valence-electron chi connectivity index (χ4n) is 3.72. The van der Waals surface area contributed by atoms with Crippen LogP contribution in [0, 0.1) is 11.3 Å². The molecule has 1 fully saturated rings. The third-order valence-corrected chi connectivity index (χ3v) is 4.61. The minimum absolute atomic E-state index is 0.733. The van der Waals surface area contributed by atoms with Crippen LogP contribution in [0.15, 0.2) is 11.6 Å². The van der Waals surface area contributed by atoms with Gasteiger partial charge in [0.25, 0.3) is 0 Å². The molecule has 0 aromatic carbocycles. The summed E-state index contributed by atoms with van der Waals surface area (Å²) in [7, 11) is 0. The molecule has 0 bridgehead atoms. The zero-order valence-electron chi connectivity index (χ0n) is 11.2. The molecule has 0 atom stereocenters. The van der Waals surface area contributed by atoms with Crippen molar-refractivity contribution in [3.8, 4) is 0 Å². The van der Waals surface area contributed by atoms with E-state index in [1.54, 1.807) is 5.57 Å². The highest BCUT2D eigenvalue weighted by Crippen LogP contribution is 2.46. The van der Waals surface area contributed by atoms with Crippen LogP contribution in [-0.2, 0) is 0 Å². The van der Waals surface area contributed by atoms with E-state index in [4.69, 9.17) is 0 Å². The Kier molecular flexibility index (Phi) is 4.10. The summed E-state index contributed by atoms with van der Waals surface area (Å²) < 4.78 is 0. The fourth-order valence-corrected chi connectivity index (χ4v) is 3.72. The van der Waals surface area contributed by atoms with Crippen LogP contribution in [0.2, 0.25) is 0 Å². The average Bonchev–Trinajstić information content (AvgIpc) is 2.43. The largest absolute Gasteiger partial charge is 0.0848 e. The Morgan fingerprint density at radius 2 is 1.75 bits per heavy atom. The summed E-state index contributed by atoms with van der Waals surface area (Å²) in [6.07, 6.45) is 17.2. The van der Waals surface area contributed by atoms with Crippen LogP contribution < -0.4 is 0 Å². The molecule has 0 N–H and O–H groups in total. The molecule has 0 unspecified atom stereocenters. The molecular weight excluding hydrogens is 192 g/mol. The van der Waals surface area contributed by atoms with E-state index in [1.165, 1.54) is 64.2 Å². The molecule has 92 valence electrons. The summed E-state index contributed by atoms with van der Waals surface area (Å²) in [5.41, 5.74) is 2.49. The second-order valence-electron chi connectivity index (χ2n) is 6.58. The van der Waals surface area contributed by atoms with E-state index in [-0.39, 0.29) is 0 Å². The van der Waals surface area contributed by atoms with Crippen molar-refractivity contribution in [2.24, 2.45) is 11.3 Å². The second-order valence-corrected chi connectivity index (χ2v) is 6.58. The molecule has 0 radical (unpaired) electrons. The Balaban J connectivity index is 1.97. The minimum atomic E-state index is 0.733. The zero-order valence-corrected chi connectivity index (χ0v) is 11.2. The van der Waals surface area contributed by atoms with Crippen molar-refractivity contribution in [2.45, 2.75) is 78.1 Å². The molecule has 2 aliphatic rings. The standard InChI is InChI=1S/C16H28/c1-14(2)13-15-7-6-11-16(12-8-15)9-4-3-5-10-16/h8,14H,3-7,9-13H2,1-2H3. The molecule has 2 rings (SSSR count). The van der Waals surface area contributed by atoms with Gasteiger partial charge in [-0.3, -0.25) is 0 Å². The molecule has 0 saturated heterocycles. The smallest absolute Gasteiger partial charge is 0.0263 e. The maximum atomic E-state index is 2.62. The van der Waals surface area contributed by atoms with E-state index in [9.17, 15) is 0 Å². The Morgan fingerprint density at radius 1 is 1.06 bits per heavy atom. The summed E-state index contributed by atoms with van der Waals surface area (Å²) in [6, 6.07) is 0. The third kappa shape index (κ3) is 3.12. The molecule has 0 aliphatic heterocycles. The van der Waals surface area contributed by atoms with Gasteiger partial charge in [0.05, 0.1) is 0 Å². The van der Waals surface area contributed by atoms with Crippen LogP contribution in [0.1, 0.15) is 78.1 Å². The molecule has 0 aromatic rings. The lowest BCUT2D eigenvalue weighted by molar-refractivity contribution is 0.175. The van der Waals surface area contributed by atoms with Gasteiger partial charge < -0.3 is 0 Å². The Hall–Kier alpha value is -0.260. The van der Waals surface area contributed by atoms with Crippen LogP contribution in [0.4, 0.5) is 0 Å². The van der Waals surface area contributed by atoms with Gasteiger partial charge in [-0.25, -0.2) is 0 Å². The van der Waals surface area contributed by atoms with Gasteiger partial charge in [-0.15, -0.1) is 0 Å². The van der Waals surface area contributed by atoms with Crippen LogP contribution in [-0.4, -0.2) is 0 Å². The van der Waals surface area contributed by atoms with E-state index >= 15 is 0 Å². The van der Waals surface area contributed by atoms with E-state index in [2.05, 4.69) is 19.9 Å². The monoisotopic (exact) mass is 220 g/mol. The fraction of sp³-hybridized carbons (Fsp3) is 0.875. The summed E-state index contributed by atoms with van der Waals surface area (Å²) >= 11 is 0. The predicted octanol–water partition coefficient (Wildman–Crippen LogP) is 5.48. The normalized spacial score (nSPS) is 25.6. The highest BCUT2D eigenvalue weighted by molar-refractivity contribution is 5.08. The highest BCUT2D eigenvalue weighted by Gasteiger charge is 2.31. The van der Waals surface area contributed by atoms with E-state index in [0.717, 1.165) is 11.3 Å². The van der Waals surface area contributed by atoms with Gasteiger partial charge in [-0.1, -0.05) is 44.8 Å². The Labute approximate surface area is 102 Å². The average molecular weight is 220 g/mol. The summed E-state index contributed by atoms with van der Waals surface area (Å²) in [5, 5.41) is 0. The van der Waals surface area contributed by atoms with Crippen molar-refractivity contribution in [1.82, 2.24) is 0 Å². The summed E-state index contributed by atoms with van der Waals surface area (Å²) in [6.45, 7) is 4.70. The van der Waals surface area contributed by atoms with Crippen molar-refractivity contribution in [3.05, 3.63) is 11.6 Å². The van der Waals surface area contributed by atoms with Gasteiger partial charge in [0.2, 0.25) is 0 Å². The molecule has 2 aliphatic carbocycles. The van der Waals surface area contributed by atoms with Crippen molar-refractivity contribution < 1.29 is 0 Å². The number of rotatable bonds is 2. The van der Waals surface area contributed by atoms with Crippen molar-refractivity contribution in [3.63, 3.8) is 0 Å². The first kappa shape index (κ1) is 12.2. The lowest BCUT2D eigenvalue weighted by atomic mass is 9.69. The van der Waals surface area contributed by atoms with Crippen LogP contribution in [0.3, 0.4) is 0 Å². The molecule has 0 amide bonds. The van der Waals surface area contributed by atoms with Crippen LogP contribution in [0.5, 0.6) is 0 Å². The number of hydrogen-bond donors (Lipinski definition) is 0. The van der Waals surface area contributed by atoms with Gasteiger partial charge in [-0.2, -0.15) is 0 Å². The minimum Gasteiger partial charge on any atom is -0.0848 e. The maximum Gasteiger partial charge on any atom is -0.0263 e. The lowest BCUT2D eigenvalue weighted by Crippen LogP contribution is -2.22. The SMILES string of the molecule is CC(C)CC1=CCC2(CCCCC2)CCC1. The molecule has 0 heteroatoms. The molecule has 0 nitrogen and oxygen atoms in total. The van der Waals surface area contributed by atoms with Gasteiger partial charge in [0.1, 0.15) is 0 Å². The van der Waals surface area contributed by atoms with E-state index in [1.807, 2.05) is 0 Å². The van der Waals surface area contributed by atoms with Gasteiger partial charge in [0.15, 0.2) is 0 Å². The number of allylic oxidation sites excluding steroid dienone is 2. The second kappa shape index (κ2) is 5.38. The Morgan fingerprint density at radius 3 is 2.44 bits per heavy atom. The molecule has 0 aromatic heterocycles. The zero-order chi connectivity index (χ0) is 11.4. The Bertz CT molecular complexity index is 241. The molecule has 1 saturated carbocycles. The van der Waals surface area contributed by atoms with Crippen molar-refractivity contribution in [2.75, 3.05) is 0 Å². The highest BCUT2D eigenvalue weighted by atomic mass is 14.4. The topological polar surface area (TPSA) is 0 Å². The summed E-state index contributed by atoms with van der Waals surface area (Å²) in [5.74, 6) is 0.839. The number of hydrogen-bond acceptors (Lipinski definition) is 0. The molecule has 1 spiro atoms.